The van der Waals surface area contributed by atoms with Gasteiger partial charge in [0.25, 0.3) is 0 Å². The lowest BCUT2D eigenvalue weighted by Crippen LogP contribution is -2.40. The van der Waals surface area contributed by atoms with Crippen molar-refractivity contribution in [3.8, 4) is 5.75 Å². The molecule has 0 radical (unpaired) electrons. The maximum Gasteiger partial charge on any atom is 0.245 e. The lowest BCUT2D eigenvalue weighted by molar-refractivity contribution is -0.114. The molecular formula is C22H29N3O7S2. The first kappa shape index (κ1) is 25.9. The van der Waals surface area contributed by atoms with Crippen molar-refractivity contribution in [3.05, 3.63) is 48.5 Å². The zero-order valence-electron chi connectivity index (χ0n) is 19.3. The Hall–Kier alpha value is -2.67. The summed E-state index contributed by atoms with van der Waals surface area (Å²) in [4.78, 5) is 12.6. The summed E-state index contributed by atoms with van der Waals surface area (Å²) < 4.78 is 63.4. The van der Waals surface area contributed by atoms with Gasteiger partial charge in [-0.25, -0.2) is 16.8 Å². The van der Waals surface area contributed by atoms with Gasteiger partial charge in [0.05, 0.1) is 36.2 Å². The number of morpholine rings is 1. The molecule has 0 unspecified atom stereocenters. The van der Waals surface area contributed by atoms with Crippen molar-refractivity contribution in [1.82, 2.24) is 4.31 Å². The molecule has 1 fully saturated rings. The van der Waals surface area contributed by atoms with Crippen LogP contribution in [0.15, 0.2) is 53.4 Å². The van der Waals surface area contributed by atoms with Crippen LogP contribution in [0.4, 0.5) is 11.4 Å². The number of benzene rings is 2. The van der Waals surface area contributed by atoms with E-state index in [1.807, 2.05) is 13.8 Å². The van der Waals surface area contributed by atoms with Gasteiger partial charge in [0.1, 0.15) is 12.3 Å². The molecule has 0 aromatic heterocycles. The number of ether oxygens (including phenoxy) is 2. The highest BCUT2D eigenvalue weighted by Gasteiger charge is 2.27. The van der Waals surface area contributed by atoms with Crippen LogP contribution in [0.3, 0.4) is 0 Å². The second-order valence-electron chi connectivity index (χ2n) is 8.02. The average Bonchev–Trinajstić information content (AvgIpc) is 2.78. The maximum absolute atomic E-state index is 12.8. The number of hydrogen-bond donors (Lipinski definition) is 1. The molecule has 2 aromatic rings. The van der Waals surface area contributed by atoms with Crippen LogP contribution >= 0.6 is 0 Å². The Labute approximate surface area is 200 Å². The third-order valence-corrected chi connectivity index (χ3v) is 7.98. The molecule has 0 spiro atoms. The molecule has 1 saturated heterocycles. The van der Waals surface area contributed by atoms with Gasteiger partial charge in [0.2, 0.25) is 26.0 Å². The van der Waals surface area contributed by atoms with Gasteiger partial charge >= 0.3 is 0 Å². The highest BCUT2D eigenvalue weighted by atomic mass is 32.2. The van der Waals surface area contributed by atoms with Crippen molar-refractivity contribution in [1.29, 1.82) is 0 Å². The molecule has 3 rings (SSSR count). The van der Waals surface area contributed by atoms with Gasteiger partial charge in [-0.2, -0.15) is 4.31 Å². The molecule has 1 heterocycles. The summed E-state index contributed by atoms with van der Waals surface area (Å²) in [6.07, 6.45) is 0.996. The molecule has 1 N–H and O–H groups in total. The van der Waals surface area contributed by atoms with Gasteiger partial charge in [-0.1, -0.05) is 0 Å². The summed E-state index contributed by atoms with van der Waals surface area (Å²) in [5, 5.41) is 2.66. The quantitative estimate of drug-likeness (QED) is 0.546. The van der Waals surface area contributed by atoms with E-state index in [0.29, 0.717) is 24.7 Å². The van der Waals surface area contributed by atoms with Crippen molar-refractivity contribution in [2.45, 2.75) is 24.8 Å². The summed E-state index contributed by atoms with van der Waals surface area (Å²) in [5.41, 5.74) is 0.667. The van der Waals surface area contributed by atoms with Crippen molar-refractivity contribution in [3.63, 3.8) is 0 Å². The molecular weight excluding hydrogens is 482 g/mol. The van der Waals surface area contributed by atoms with Crippen LogP contribution < -0.4 is 14.4 Å². The number of anilines is 2. The first-order valence-corrected chi connectivity index (χ1v) is 14.0. The first-order chi connectivity index (χ1) is 16.0. The van der Waals surface area contributed by atoms with Gasteiger partial charge in [0.15, 0.2) is 0 Å². The summed E-state index contributed by atoms with van der Waals surface area (Å²) in [6.45, 7) is 4.48. The third kappa shape index (κ3) is 6.69. The van der Waals surface area contributed by atoms with E-state index in [1.165, 1.54) is 28.6 Å². The number of nitrogens with zero attached hydrogens (tertiary/aromatic N) is 2. The SMILES string of the molecule is CC(C)Oc1ccc(NC(=O)CN(c2ccc(S(=O)(=O)N3CCOCC3)cc2)S(C)(=O)=O)cc1. The third-order valence-electron chi connectivity index (χ3n) is 4.93. The summed E-state index contributed by atoms with van der Waals surface area (Å²) in [6, 6.07) is 12.2. The number of rotatable bonds is 9. The topological polar surface area (TPSA) is 122 Å². The predicted octanol–water partition coefficient (Wildman–Crippen LogP) is 1.90. The second kappa shape index (κ2) is 10.7. The number of amides is 1. The molecule has 1 aliphatic heterocycles. The number of sulfonamides is 2. The predicted molar refractivity (Wildman–Crippen MR) is 129 cm³/mol. The molecule has 2 aromatic carbocycles. The molecule has 0 bridgehead atoms. The molecule has 0 saturated carbocycles. The minimum Gasteiger partial charge on any atom is -0.491 e. The van der Waals surface area contributed by atoms with Gasteiger partial charge < -0.3 is 14.8 Å². The zero-order chi connectivity index (χ0) is 24.9. The summed E-state index contributed by atoms with van der Waals surface area (Å²) in [7, 11) is -7.54. The molecule has 0 atom stereocenters. The van der Waals surface area contributed by atoms with Gasteiger partial charge in [-0.15, -0.1) is 0 Å². The van der Waals surface area contributed by atoms with Crippen LogP contribution in [0.25, 0.3) is 0 Å². The second-order valence-corrected chi connectivity index (χ2v) is 11.9. The molecule has 0 aliphatic carbocycles. The fraction of sp³-hybridized carbons (Fsp3) is 0.409. The van der Waals surface area contributed by atoms with E-state index >= 15 is 0 Å². The minimum absolute atomic E-state index is 0.0130. The largest absolute Gasteiger partial charge is 0.491 e. The Morgan fingerprint density at radius 2 is 1.62 bits per heavy atom. The van der Waals surface area contributed by atoms with Crippen molar-refractivity contribution >= 4 is 37.3 Å². The van der Waals surface area contributed by atoms with E-state index in [-0.39, 0.29) is 29.8 Å². The molecule has 1 amide bonds. The van der Waals surface area contributed by atoms with E-state index in [9.17, 15) is 21.6 Å². The Morgan fingerprint density at radius 1 is 1.03 bits per heavy atom. The van der Waals surface area contributed by atoms with Gasteiger partial charge in [-0.05, 0) is 62.4 Å². The Balaban J connectivity index is 1.72. The minimum atomic E-state index is -3.82. The highest BCUT2D eigenvalue weighted by molar-refractivity contribution is 7.92. The van der Waals surface area contributed by atoms with Crippen LogP contribution in [-0.4, -0.2) is 72.3 Å². The van der Waals surface area contributed by atoms with Gasteiger partial charge in [0, 0.05) is 18.8 Å². The zero-order valence-corrected chi connectivity index (χ0v) is 20.9. The summed E-state index contributed by atoms with van der Waals surface area (Å²) in [5.74, 6) is 0.103. The fourth-order valence-corrected chi connectivity index (χ4v) is 5.60. The highest BCUT2D eigenvalue weighted by Crippen LogP contribution is 2.23. The fourth-order valence-electron chi connectivity index (χ4n) is 3.34. The van der Waals surface area contributed by atoms with Crippen molar-refractivity contribution < 1.29 is 31.1 Å². The Morgan fingerprint density at radius 3 is 2.15 bits per heavy atom. The summed E-state index contributed by atoms with van der Waals surface area (Å²) >= 11 is 0. The number of nitrogens with one attached hydrogen (secondary N) is 1. The monoisotopic (exact) mass is 511 g/mol. The molecule has 10 nitrogen and oxygen atoms in total. The molecule has 1 aliphatic rings. The Bertz CT molecular complexity index is 1190. The lowest BCUT2D eigenvalue weighted by atomic mass is 10.3. The van der Waals surface area contributed by atoms with Crippen LogP contribution in [0.1, 0.15) is 13.8 Å². The molecule has 12 heteroatoms. The number of hydrogen-bond acceptors (Lipinski definition) is 7. The maximum atomic E-state index is 12.8. The first-order valence-electron chi connectivity index (χ1n) is 10.7. The van der Waals surface area contributed by atoms with Crippen LogP contribution in [-0.2, 0) is 29.6 Å². The normalized spacial score (nSPS) is 15.2. The van der Waals surface area contributed by atoms with Crippen LogP contribution in [0, 0.1) is 0 Å². The van der Waals surface area contributed by atoms with E-state index < -0.39 is 32.5 Å². The van der Waals surface area contributed by atoms with Crippen LogP contribution in [0.5, 0.6) is 5.75 Å². The smallest absolute Gasteiger partial charge is 0.245 e. The lowest BCUT2D eigenvalue weighted by Gasteiger charge is -2.26. The number of carbonyl (C=O) groups is 1. The van der Waals surface area contributed by atoms with Crippen molar-refractivity contribution in [2.24, 2.45) is 0 Å². The van der Waals surface area contributed by atoms with E-state index in [4.69, 9.17) is 9.47 Å². The van der Waals surface area contributed by atoms with Gasteiger partial charge in [-0.3, -0.25) is 9.10 Å². The Kier molecular flexibility index (Phi) is 8.18. The standard InChI is InChI=1S/C22H29N3O7S2/c1-17(2)32-20-8-4-18(5-9-20)23-22(26)16-25(33(3,27)28)19-6-10-21(11-7-19)34(29,30)24-12-14-31-15-13-24/h4-11,17H,12-16H2,1-3H3,(H,23,26). The molecule has 186 valence electrons. The van der Waals surface area contributed by atoms with E-state index in [2.05, 4.69) is 5.32 Å². The van der Waals surface area contributed by atoms with Crippen molar-refractivity contribution in [2.75, 3.05) is 48.7 Å². The molecule has 34 heavy (non-hydrogen) atoms. The number of carbonyl (C=O) groups excluding carboxylic acids is 1. The van der Waals surface area contributed by atoms with E-state index in [0.717, 1.165) is 10.6 Å². The average molecular weight is 512 g/mol. The van der Waals surface area contributed by atoms with Crippen LogP contribution in [0.2, 0.25) is 0 Å². The van der Waals surface area contributed by atoms with E-state index in [1.54, 1.807) is 24.3 Å².